The van der Waals surface area contributed by atoms with Gasteiger partial charge in [-0.1, -0.05) is 0 Å². The maximum atomic E-state index is 12.8. The molecule has 6 rings (SSSR count). The number of hydrogen-bond acceptors (Lipinski definition) is 6. The number of carbonyl (C=O) groups excluding carboxylic acids is 1. The van der Waals surface area contributed by atoms with Crippen molar-refractivity contribution in [1.82, 2.24) is 9.88 Å². The van der Waals surface area contributed by atoms with Crippen molar-refractivity contribution in [2.45, 2.75) is 63.2 Å². The molecule has 1 aromatic heterocycles. The summed E-state index contributed by atoms with van der Waals surface area (Å²) in [6.07, 6.45) is 5.16. The minimum absolute atomic E-state index is 0.0463. The van der Waals surface area contributed by atoms with Crippen LogP contribution in [-0.2, 0) is 4.74 Å². The largest absolute Gasteiger partial charge is 0.446 e. The summed E-state index contributed by atoms with van der Waals surface area (Å²) in [5.74, 6) is 1.80. The minimum atomic E-state index is -0.513. The van der Waals surface area contributed by atoms with Crippen molar-refractivity contribution in [3.05, 3.63) is 23.4 Å². The van der Waals surface area contributed by atoms with Crippen molar-refractivity contribution in [2.75, 3.05) is 18.4 Å². The lowest BCUT2D eigenvalue weighted by Crippen LogP contribution is -2.58. The first-order chi connectivity index (χ1) is 13.9. The van der Waals surface area contributed by atoms with Gasteiger partial charge in [0.1, 0.15) is 18.0 Å². The number of anilines is 1. The Morgan fingerprint density at radius 1 is 1.34 bits per heavy atom. The number of aryl methyl sites for hydroxylation is 1. The van der Waals surface area contributed by atoms with Crippen LogP contribution in [0.2, 0.25) is 0 Å². The SMILES string of the molecule is Cc1ccc(C#N)c(NC2CCN(C(=O)OC3[C@@H]4CC5C[C@@H]3CC(O)(C5)C4)C2)n1. The number of carbonyl (C=O) groups is 1. The topological polar surface area (TPSA) is 98.5 Å². The number of aromatic nitrogens is 1. The fourth-order valence-electron chi connectivity index (χ4n) is 6.31. The highest BCUT2D eigenvalue weighted by Crippen LogP contribution is 2.56. The second-order valence-electron chi connectivity index (χ2n) is 9.58. The molecule has 0 aromatic carbocycles. The third-order valence-electron chi connectivity index (χ3n) is 7.33. The number of nitriles is 1. The molecule has 0 spiro atoms. The highest BCUT2D eigenvalue weighted by atomic mass is 16.6. The van der Waals surface area contributed by atoms with Crippen LogP contribution in [0.1, 0.15) is 49.8 Å². The molecular weight excluding hydrogens is 368 g/mol. The monoisotopic (exact) mass is 396 g/mol. The zero-order chi connectivity index (χ0) is 20.2. The van der Waals surface area contributed by atoms with Gasteiger partial charge in [-0.2, -0.15) is 5.26 Å². The van der Waals surface area contributed by atoms with Crippen molar-refractivity contribution in [1.29, 1.82) is 5.26 Å². The molecule has 4 bridgehead atoms. The predicted molar refractivity (Wildman–Crippen MR) is 106 cm³/mol. The summed E-state index contributed by atoms with van der Waals surface area (Å²) in [7, 11) is 0. The molecule has 1 amide bonds. The summed E-state index contributed by atoms with van der Waals surface area (Å²) in [6.45, 7) is 3.08. The quantitative estimate of drug-likeness (QED) is 0.815. The van der Waals surface area contributed by atoms with Crippen molar-refractivity contribution < 1.29 is 14.6 Å². The summed E-state index contributed by atoms with van der Waals surface area (Å²) < 4.78 is 6.00. The van der Waals surface area contributed by atoms with Gasteiger partial charge in [-0.05, 0) is 75.3 Å². The summed E-state index contributed by atoms with van der Waals surface area (Å²) in [6, 6.07) is 5.82. The summed E-state index contributed by atoms with van der Waals surface area (Å²) in [5.41, 5.74) is 0.855. The van der Waals surface area contributed by atoms with Crippen LogP contribution in [0, 0.1) is 36.0 Å². The van der Waals surface area contributed by atoms with E-state index in [2.05, 4.69) is 16.4 Å². The number of rotatable bonds is 3. The van der Waals surface area contributed by atoms with Crippen LogP contribution in [0.5, 0.6) is 0 Å². The van der Waals surface area contributed by atoms with Crippen LogP contribution >= 0.6 is 0 Å². The number of aliphatic hydroxyl groups is 1. The van der Waals surface area contributed by atoms with Gasteiger partial charge in [-0.25, -0.2) is 9.78 Å². The van der Waals surface area contributed by atoms with Crippen molar-refractivity contribution in [3.63, 3.8) is 0 Å². The molecule has 5 aliphatic rings. The lowest BCUT2D eigenvalue weighted by atomic mass is 9.53. The van der Waals surface area contributed by atoms with Gasteiger partial charge in [-0.3, -0.25) is 0 Å². The number of ether oxygens (including phenoxy) is 1. The van der Waals surface area contributed by atoms with E-state index in [4.69, 9.17) is 4.74 Å². The molecular formula is C22H28N4O3. The van der Waals surface area contributed by atoms with E-state index in [-0.39, 0.29) is 18.2 Å². The first kappa shape index (κ1) is 18.7. The Labute approximate surface area is 171 Å². The molecule has 1 unspecified atom stereocenters. The second-order valence-corrected chi connectivity index (χ2v) is 9.58. The first-order valence-corrected chi connectivity index (χ1v) is 10.7. The molecule has 2 N–H and O–H groups in total. The molecule has 5 fully saturated rings. The van der Waals surface area contributed by atoms with Gasteiger partial charge in [0.2, 0.25) is 0 Å². The molecule has 29 heavy (non-hydrogen) atoms. The Kier molecular flexibility index (Phi) is 4.43. The number of amides is 1. The second kappa shape index (κ2) is 6.88. The average molecular weight is 396 g/mol. The molecule has 4 saturated carbocycles. The maximum absolute atomic E-state index is 12.8. The molecule has 4 aliphatic carbocycles. The van der Waals surface area contributed by atoms with E-state index in [1.54, 1.807) is 11.0 Å². The Morgan fingerprint density at radius 2 is 2.10 bits per heavy atom. The molecule has 7 nitrogen and oxygen atoms in total. The smallest absolute Gasteiger partial charge is 0.410 e. The Morgan fingerprint density at radius 3 is 2.79 bits per heavy atom. The van der Waals surface area contributed by atoms with Gasteiger partial charge in [0.15, 0.2) is 0 Å². The molecule has 7 heteroatoms. The van der Waals surface area contributed by atoms with Gasteiger partial charge in [0, 0.05) is 24.8 Å². The van der Waals surface area contributed by atoms with Crippen LogP contribution in [-0.4, -0.2) is 51.9 Å². The molecule has 0 radical (unpaired) electrons. The first-order valence-electron chi connectivity index (χ1n) is 10.7. The zero-order valence-electron chi connectivity index (χ0n) is 16.8. The number of likely N-dealkylation sites (tertiary alicyclic amines) is 1. The van der Waals surface area contributed by atoms with Gasteiger partial charge in [0.25, 0.3) is 0 Å². The van der Waals surface area contributed by atoms with Gasteiger partial charge in [-0.15, -0.1) is 0 Å². The highest BCUT2D eigenvalue weighted by Gasteiger charge is 2.56. The van der Waals surface area contributed by atoms with E-state index >= 15 is 0 Å². The summed E-state index contributed by atoms with van der Waals surface area (Å²) in [4.78, 5) is 19.0. The predicted octanol–water partition coefficient (Wildman–Crippen LogP) is 2.82. The fraction of sp³-hybridized carbons (Fsp3) is 0.682. The summed E-state index contributed by atoms with van der Waals surface area (Å²) >= 11 is 0. The van der Waals surface area contributed by atoms with Crippen molar-refractivity contribution >= 4 is 11.9 Å². The molecule has 3 atom stereocenters. The molecule has 1 saturated heterocycles. The van der Waals surface area contributed by atoms with Gasteiger partial charge in [0.05, 0.1) is 11.2 Å². The van der Waals surface area contributed by atoms with Gasteiger partial charge < -0.3 is 20.1 Å². The summed E-state index contributed by atoms with van der Waals surface area (Å²) in [5, 5.41) is 23.3. The Balaban J connectivity index is 1.20. The molecule has 1 aliphatic heterocycles. The average Bonchev–Trinajstić information content (AvgIpc) is 3.12. The van der Waals surface area contributed by atoms with E-state index in [1.807, 2.05) is 13.0 Å². The van der Waals surface area contributed by atoms with Crippen LogP contribution in [0.3, 0.4) is 0 Å². The van der Waals surface area contributed by atoms with Crippen molar-refractivity contribution in [3.8, 4) is 6.07 Å². The van der Waals surface area contributed by atoms with E-state index < -0.39 is 5.60 Å². The number of hydrogen-bond donors (Lipinski definition) is 2. The molecule has 2 heterocycles. The normalized spacial score (nSPS) is 37.4. The van der Waals surface area contributed by atoms with Crippen LogP contribution in [0.25, 0.3) is 0 Å². The number of pyridine rings is 1. The number of nitrogens with zero attached hydrogens (tertiary/aromatic N) is 3. The third-order valence-corrected chi connectivity index (χ3v) is 7.33. The molecule has 1 aromatic rings. The van der Waals surface area contributed by atoms with Crippen LogP contribution in [0.15, 0.2) is 12.1 Å². The highest BCUT2D eigenvalue weighted by molar-refractivity contribution is 5.68. The molecule has 154 valence electrons. The third kappa shape index (κ3) is 3.44. The van der Waals surface area contributed by atoms with Crippen LogP contribution < -0.4 is 5.32 Å². The Bertz CT molecular complexity index is 850. The minimum Gasteiger partial charge on any atom is -0.446 e. The zero-order valence-corrected chi connectivity index (χ0v) is 16.8. The number of nitrogens with one attached hydrogen (secondary N) is 1. The van der Waals surface area contributed by atoms with Crippen LogP contribution in [0.4, 0.5) is 10.6 Å². The fourth-order valence-corrected chi connectivity index (χ4v) is 6.31. The van der Waals surface area contributed by atoms with E-state index in [1.165, 1.54) is 0 Å². The Hall–Kier alpha value is -2.33. The van der Waals surface area contributed by atoms with E-state index in [9.17, 15) is 15.2 Å². The lowest BCUT2D eigenvalue weighted by Gasteiger charge is -2.57. The lowest BCUT2D eigenvalue weighted by molar-refractivity contribution is -0.177. The standard InChI is InChI=1S/C22H28N4O3/c1-13-2-3-15(11-23)20(24-13)25-18-4-5-26(12-18)21(27)29-19-16-6-14-7-17(19)10-22(28,8-14)9-16/h2-3,14,16-19,28H,4-10,12H2,1H3,(H,24,25)/t14?,16-,17-,18?,19?,22?/m1/s1. The van der Waals surface area contributed by atoms with Crippen molar-refractivity contribution in [2.24, 2.45) is 17.8 Å². The van der Waals surface area contributed by atoms with Gasteiger partial charge >= 0.3 is 6.09 Å². The maximum Gasteiger partial charge on any atom is 0.410 e. The van der Waals surface area contributed by atoms with E-state index in [0.717, 1.165) is 44.2 Å². The van der Waals surface area contributed by atoms with E-state index in [0.29, 0.717) is 42.2 Å².